The van der Waals surface area contributed by atoms with Crippen LogP contribution in [0, 0.1) is 11.7 Å². The molecule has 1 aliphatic rings. The van der Waals surface area contributed by atoms with Crippen LogP contribution in [0.2, 0.25) is 5.02 Å². The summed E-state index contributed by atoms with van der Waals surface area (Å²) >= 11 is 5.91. The SMILES string of the molecule is NC(=O)Nc1cc(Cl)ccc1OCC(=O)N1CCC(C(=O)c2ccc(F)cc2)CC1. The summed E-state index contributed by atoms with van der Waals surface area (Å²) in [4.78, 5) is 37.8. The molecule has 2 aromatic rings. The number of amides is 3. The first kappa shape index (κ1) is 21.6. The maximum Gasteiger partial charge on any atom is 0.316 e. The van der Waals surface area contributed by atoms with Gasteiger partial charge >= 0.3 is 6.03 Å². The minimum absolute atomic E-state index is 0.0401. The Morgan fingerprint density at radius 2 is 1.80 bits per heavy atom. The summed E-state index contributed by atoms with van der Waals surface area (Å²) in [5.74, 6) is -0.595. The normalized spacial score (nSPS) is 14.3. The first-order valence-corrected chi connectivity index (χ1v) is 9.77. The number of nitrogens with two attached hydrogens (primary N) is 1. The van der Waals surface area contributed by atoms with Crippen LogP contribution in [0.4, 0.5) is 14.9 Å². The van der Waals surface area contributed by atoms with Gasteiger partial charge in [-0.1, -0.05) is 11.6 Å². The molecule has 0 aromatic heterocycles. The van der Waals surface area contributed by atoms with Gasteiger partial charge in [0.2, 0.25) is 0 Å². The molecule has 3 amide bonds. The summed E-state index contributed by atoms with van der Waals surface area (Å²) in [6, 6.07) is 9.29. The van der Waals surface area contributed by atoms with E-state index < -0.39 is 6.03 Å². The summed E-state index contributed by atoms with van der Waals surface area (Å²) in [6.07, 6.45) is 1.05. The van der Waals surface area contributed by atoms with Gasteiger partial charge in [-0.05, 0) is 55.3 Å². The van der Waals surface area contributed by atoms with Crippen molar-refractivity contribution in [3.8, 4) is 5.75 Å². The van der Waals surface area contributed by atoms with E-state index >= 15 is 0 Å². The fourth-order valence-electron chi connectivity index (χ4n) is 3.33. The van der Waals surface area contributed by atoms with Crippen molar-refractivity contribution in [3.05, 3.63) is 58.9 Å². The lowest BCUT2D eigenvalue weighted by molar-refractivity contribution is -0.134. The average molecular weight is 434 g/mol. The van der Waals surface area contributed by atoms with E-state index in [-0.39, 0.29) is 41.5 Å². The Balaban J connectivity index is 1.53. The van der Waals surface area contributed by atoms with Gasteiger partial charge in [-0.2, -0.15) is 0 Å². The molecule has 0 spiro atoms. The summed E-state index contributed by atoms with van der Waals surface area (Å²) in [5.41, 5.74) is 5.88. The molecule has 0 atom stereocenters. The molecule has 0 saturated carbocycles. The van der Waals surface area contributed by atoms with E-state index in [0.717, 1.165) is 0 Å². The highest BCUT2D eigenvalue weighted by molar-refractivity contribution is 6.31. The zero-order chi connectivity index (χ0) is 21.7. The molecule has 9 heteroatoms. The van der Waals surface area contributed by atoms with Crippen LogP contribution in [-0.4, -0.2) is 42.3 Å². The summed E-state index contributed by atoms with van der Waals surface area (Å²) in [6.45, 7) is 0.616. The van der Waals surface area contributed by atoms with Gasteiger partial charge in [-0.15, -0.1) is 0 Å². The maximum absolute atomic E-state index is 13.0. The second kappa shape index (κ2) is 9.58. The van der Waals surface area contributed by atoms with Gasteiger partial charge in [-0.3, -0.25) is 9.59 Å². The highest BCUT2D eigenvalue weighted by Gasteiger charge is 2.28. The van der Waals surface area contributed by atoms with E-state index in [1.54, 1.807) is 11.0 Å². The number of nitrogens with one attached hydrogen (secondary N) is 1. The third kappa shape index (κ3) is 5.48. The number of likely N-dealkylation sites (tertiary alicyclic amines) is 1. The van der Waals surface area contributed by atoms with E-state index in [9.17, 15) is 18.8 Å². The van der Waals surface area contributed by atoms with Gasteiger partial charge in [0.1, 0.15) is 11.6 Å². The second-order valence-corrected chi connectivity index (χ2v) is 7.38. The predicted octanol–water partition coefficient (Wildman–Crippen LogP) is 3.47. The number of urea groups is 1. The molecular formula is C21H21ClFN3O4. The number of benzene rings is 2. The molecule has 0 unspecified atom stereocenters. The molecule has 3 rings (SSSR count). The number of ether oxygens (including phenoxy) is 1. The standard InChI is InChI=1S/C21H21ClFN3O4/c22-15-3-6-18(17(11-15)25-21(24)29)30-12-19(27)26-9-7-14(8-10-26)20(28)13-1-4-16(23)5-2-13/h1-6,11,14H,7-10,12H2,(H3,24,25,29). The number of ketones is 1. The molecular weight excluding hydrogens is 413 g/mol. The lowest BCUT2D eigenvalue weighted by Crippen LogP contribution is -2.42. The van der Waals surface area contributed by atoms with Gasteiger partial charge in [0.25, 0.3) is 5.91 Å². The minimum Gasteiger partial charge on any atom is -0.482 e. The number of rotatable bonds is 6. The first-order valence-electron chi connectivity index (χ1n) is 9.40. The van der Waals surface area contributed by atoms with Crippen LogP contribution in [0.1, 0.15) is 23.2 Å². The molecule has 0 bridgehead atoms. The molecule has 30 heavy (non-hydrogen) atoms. The maximum atomic E-state index is 13.0. The number of Topliss-reactive ketones (excluding diaryl/α,β-unsaturated/α-hetero) is 1. The quantitative estimate of drug-likeness (QED) is 0.681. The third-order valence-corrected chi connectivity index (χ3v) is 5.13. The first-order chi connectivity index (χ1) is 14.3. The summed E-state index contributed by atoms with van der Waals surface area (Å²) in [7, 11) is 0. The monoisotopic (exact) mass is 433 g/mol. The number of nitrogens with zero attached hydrogens (tertiary/aromatic N) is 1. The van der Waals surface area contributed by atoms with Gasteiger partial charge in [0.05, 0.1) is 5.69 Å². The minimum atomic E-state index is -0.777. The van der Waals surface area contributed by atoms with Crippen molar-refractivity contribution in [1.29, 1.82) is 0 Å². The smallest absolute Gasteiger partial charge is 0.316 e. The highest BCUT2D eigenvalue weighted by atomic mass is 35.5. The lowest BCUT2D eigenvalue weighted by Gasteiger charge is -2.31. The number of hydrogen-bond donors (Lipinski definition) is 2. The van der Waals surface area contributed by atoms with Crippen LogP contribution < -0.4 is 15.8 Å². The Morgan fingerprint density at radius 1 is 1.13 bits per heavy atom. The zero-order valence-corrected chi connectivity index (χ0v) is 16.8. The fraction of sp³-hybridized carbons (Fsp3) is 0.286. The van der Waals surface area contributed by atoms with E-state index in [1.807, 2.05) is 0 Å². The van der Waals surface area contributed by atoms with Crippen LogP contribution in [0.3, 0.4) is 0 Å². The molecule has 7 nitrogen and oxygen atoms in total. The molecule has 158 valence electrons. The molecule has 2 aromatic carbocycles. The number of piperidine rings is 1. The van der Waals surface area contributed by atoms with Crippen molar-refractivity contribution in [3.63, 3.8) is 0 Å². The zero-order valence-electron chi connectivity index (χ0n) is 16.1. The Kier molecular flexibility index (Phi) is 6.89. The van der Waals surface area contributed by atoms with Crippen molar-refractivity contribution in [2.24, 2.45) is 11.7 Å². The molecule has 1 saturated heterocycles. The van der Waals surface area contributed by atoms with Gasteiger partial charge in [0, 0.05) is 29.6 Å². The summed E-state index contributed by atoms with van der Waals surface area (Å²) in [5, 5.41) is 2.78. The topological polar surface area (TPSA) is 102 Å². The van der Waals surface area contributed by atoms with Crippen molar-refractivity contribution >= 4 is 35.0 Å². The van der Waals surface area contributed by atoms with Crippen LogP contribution in [0.5, 0.6) is 5.75 Å². The molecule has 3 N–H and O–H groups in total. The van der Waals surface area contributed by atoms with Crippen LogP contribution in [0.25, 0.3) is 0 Å². The molecule has 0 aliphatic carbocycles. The summed E-state index contributed by atoms with van der Waals surface area (Å²) < 4.78 is 18.6. The molecule has 1 fully saturated rings. The van der Waals surface area contributed by atoms with Gasteiger partial charge in [0.15, 0.2) is 12.4 Å². The fourth-order valence-corrected chi connectivity index (χ4v) is 3.50. The Labute approximate surface area is 177 Å². The number of halogens is 2. The third-order valence-electron chi connectivity index (χ3n) is 4.90. The number of carbonyl (C=O) groups excluding carboxylic acids is 3. The molecule has 1 heterocycles. The number of anilines is 1. The van der Waals surface area contributed by atoms with Crippen LogP contribution >= 0.6 is 11.6 Å². The number of carbonyl (C=O) groups is 3. The molecule has 1 aliphatic heterocycles. The van der Waals surface area contributed by atoms with Crippen molar-refractivity contribution in [1.82, 2.24) is 4.90 Å². The second-order valence-electron chi connectivity index (χ2n) is 6.94. The molecule has 0 radical (unpaired) electrons. The van der Waals surface area contributed by atoms with E-state index in [2.05, 4.69) is 5.32 Å². The van der Waals surface area contributed by atoms with E-state index in [4.69, 9.17) is 22.1 Å². The number of hydrogen-bond acceptors (Lipinski definition) is 4. The average Bonchev–Trinajstić information content (AvgIpc) is 2.73. The Morgan fingerprint density at radius 3 is 2.43 bits per heavy atom. The Bertz CT molecular complexity index is 944. The van der Waals surface area contributed by atoms with Gasteiger partial charge in [-0.25, -0.2) is 9.18 Å². The Hall–Kier alpha value is -3.13. The largest absolute Gasteiger partial charge is 0.482 e. The van der Waals surface area contributed by atoms with Gasteiger partial charge < -0.3 is 20.7 Å². The predicted molar refractivity (Wildman–Crippen MR) is 110 cm³/mol. The van der Waals surface area contributed by atoms with Crippen molar-refractivity contribution in [2.45, 2.75) is 12.8 Å². The van der Waals surface area contributed by atoms with E-state index in [0.29, 0.717) is 36.5 Å². The number of primary amides is 1. The van der Waals surface area contributed by atoms with E-state index in [1.165, 1.54) is 36.4 Å². The van der Waals surface area contributed by atoms with Crippen molar-refractivity contribution < 1.29 is 23.5 Å². The van der Waals surface area contributed by atoms with Crippen molar-refractivity contribution in [2.75, 3.05) is 25.0 Å². The van der Waals surface area contributed by atoms with Crippen LogP contribution in [-0.2, 0) is 4.79 Å². The lowest BCUT2D eigenvalue weighted by atomic mass is 9.89. The highest BCUT2D eigenvalue weighted by Crippen LogP contribution is 2.28. The van der Waals surface area contributed by atoms with Crippen LogP contribution in [0.15, 0.2) is 42.5 Å².